The SMILES string of the molecule is Cc1nc(NC(=O)/C(=C\c2cccs2)c2ccccc2)sc1C. The third kappa shape index (κ3) is 3.75. The minimum absolute atomic E-state index is 0.140. The van der Waals surface area contributed by atoms with E-state index in [1.54, 1.807) is 11.3 Å². The number of thiazole rings is 1. The lowest BCUT2D eigenvalue weighted by Crippen LogP contribution is -2.13. The van der Waals surface area contributed by atoms with Crippen molar-refractivity contribution < 1.29 is 4.79 Å². The van der Waals surface area contributed by atoms with Crippen LogP contribution in [0.4, 0.5) is 5.13 Å². The molecule has 2 aromatic heterocycles. The van der Waals surface area contributed by atoms with Gasteiger partial charge in [-0.1, -0.05) is 36.4 Å². The maximum Gasteiger partial charge on any atom is 0.258 e. The van der Waals surface area contributed by atoms with Crippen molar-refractivity contribution in [1.82, 2.24) is 4.98 Å². The Labute approximate surface area is 143 Å². The molecule has 0 aliphatic heterocycles. The average Bonchev–Trinajstić information content (AvgIpc) is 3.16. The maximum atomic E-state index is 12.8. The third-order valence-corrected chi connectivity index (χ3v) is 5.22. The number of nitrogens with one attached hydrogen (secondary N) is 1. The quantitative estimate of drug-likeness (QED) is 0.679. The summed E-state index contributed by atoms with van der Waals surface area (Å²) >= 11 is 3.10. The summed E-state index contributed by atoms with van der Waals surface area (Å²) in [5.41, 5.74) is 2.48. The van der Waals surface area contributed by atoms with Crippen molar-refractivity contribution in [3.8, 4) is 0 Å². The lowest BCUT2D eigenvalue weighted by molar-refractivity contribution is -0.111. The predicted molar refractivity (Wildman–Crippen MR) is 98.8 cm³/mol. The van der Waals surface area contributed by atoms with Gasteiger partial charge in [-0.2, -0.15) is 0 Å². The summed E-state index contributed by atoms with van der Waals surface area (Å²) in [7, 11) is 0. The van der Waals surface area contributed by atoms with Crippen LogP contribution in [0, 0.1) is 13.8 Å². The van der Waals surface area contributed by atoms with Gasteiger partial charge in [-0.3, -0.25) is 10.1 Å². The van der Waals surface area contributed by atoms with E-state index < -0.39 is 0 Å². The molecule has 0 radical (unpaired) electrons. The molecule has 1 aromatic carbocycles. The number of benzene rings is 1. The molecule has 2 heterocycles. The van der Waals surface area contributed by atoms with Crippen molar-refractivity contribution in [1.29, 1.82) is 0 Å². The zero-order chi connectivity index (χ0) is 16.2. The summed E-state index contributed by atoms with van der Waals surface area (Å²) in [5.74, 6) is -0.140. The number of carbonyl (C=O) groups excluding carboxylic acids is 1. The van der Waals surface area contributed by atoms with Gasteiger partial charge in [0.15, 0.2) is 5.13 Å². The van der Waals surface area contributed by atoms with E-state index >= 15 is 0 Å². The van der Waals surface area contributed by atoms with Crippen LogP contribution in [-0.2, 0) is 4.79 Å². The van der Waals surface area contributed by atoms with Gasteiger partial charge in [0.25, 0.3) is 5.91 Å². The summed E-state index contributed by atoms with van der Waals surface area (Å²) in [6, 6.07) is 13.7. The molecule has 0 atom stereocenters. The summed E-state index contributed by atoms with van der Waals surface area (Å²) in [4.78, 5) is 19.3. The number of aryl methyl sites for hydroxylation is 2. The molecule has 0 saturated heterocycles. The largest absolute Gasteiger partial charge is 0.298 e. The highest BCUT2D eigenvalue weighted by Crippen LogP contribution is 2.25. The Morgan fingerprint density at radius 1 is 1.13 bits per heavy atom. The van der Waals surface area contributed by atoms with Crippen LogP contribution in [0.25, 0.3) is 11.6 Å². The molecular formula is C18H16N2OS2. The molecule has 1 N–H and O–H groups in total. The number of hydrogen-bond donors (Lipinski definition) is 1. The minimum atomic E-state index is -0.140. The van der Waals surface area contributed by atoms with Crippen LogP contribution in [-0.4, -0.2) is 10.9 Å². The number of thiophene rings is 1. The second-order valence-electron chi connectivity index (χ2n) is 5.05. The average molecular weight is 340 g/mol. The van der Waals surface area contributed by atoms with Crippen LogP contribution >= 0.6 is 22.7 Å². The first-order chi connectivity index (χ1) is 11.1. The van der Waals surface area contributed by atoms with Gasteiger partial charge in [0.05, 0.1) is 5.69 Å². The predicted octanol–water partition coefficient (Wildman–Crippen LogP) is 5.00. The molecule has 0 spiro atoms. The van der Waals surface area contributed by atoms with Gasteiger partial charge in [-0.25, -0.2) is 4.98 Å². The molecule has 0 unspecified atom stereocenters. The zero-order valence-electron chi connectivity index (χ0n) is 12.9. The molecule has 0 aliphatic carbocycles. The number of hydrogen-bond acceptors (Lipinski definition) is 4. The van der Waals surface area contributed by atoms with Crippen LogP contribution in [0.3, 0.4) is 0 Å². The number of rotatable bonds is 4. The normalized spacial score (nSPS) is 11.5. The van der Waals surface area contributed by atoms with E-state index in [4.69, 9.17) is 0 Å². The highest BCUT2D eigenvalue weighted by atomic mass is 32.1. The molecule has 0 saturated carbocycles. The van der Waals surface area contributed by atoms with Gasteiger partial charge in [-0.05, 0) is 36.9 Å². The summed E-state index contributed by atoms with van der Waals surface area (Å²) in [6.45, 7) is 3.95. The molecule has 0 bridgehead atoms. The smallest absolute Gasteiger partial charge is 0.258 e. The second-order valence-corrected chi connectivity index (χ2v) is 7.24. The molecule has 1 amide bonds. The molecule has 3 aromatic rings. The van der Waals surface area contributed by atoms with Crippen LogP contribution < -0.4 is 5.32 Å². The molecule has 5 heteroatoms. The van der Waals surface area contributed by atoms with E-state index in [1.165, 1.54) is 11.3 Å². The summed E-state index contributed by atoms with van der Waals surface area (Å²) < 4.78 is 0. The van der Waals surface area contributed by atoms with Gasteiger partial charge in [0.1, 0.15) is 0 Å². The number of aromatic nitrogens is 1. The molecule has 3 nitrogen and oxygen atoms in total. The van der Waals surface area contributed by atoms with Crippen molar-refractivity contribution in [3.63, 3.8) is 0 Å². The second kappa shape index (κ2) is 6.89. The van der Waals surface area contributed by atoms with Gasteiger partial charge in [0, 0.05) is 15.3 Å². The monoisotopic (exact) mass is 340 g/mol. The van der Waals surface area contributed by atoms with Crippen LogP contribution in [0.1, 0.15) is 21.0 Å². The first kappa shape index (κ1) is 15.6. The minimum Gasteiger partial charge on any atom is -0.298 e. The van der Waals surface area contributed by atoms with E-state index in [1.807, 2.05) is 67.8 Å². The summed E-state index contributed by atoms with van der Waals surface area (Å²) in [6.07, 6.45) is 1.92. The number of carbonyl (C=O) groups is 1. The zero-order valence-corrected chi connectivity index (χ0v) is 14.5. The fraction of sp³-hybridized carbons (Fsp3) is 0.111. The summed E-state index contributed by atoms with van der Waals surface area (Å²) in [5, 5.41) is 5.56. The van der Waals surface area contributed by atoms with Gasteiger partial charge >= 0.3 is 0 Å². The Bertz CT molecular complexity index is 814. The standard InChI is InChI=1S/C18H16N2OS2/c1-12-13(2)23-18(19-12)20-17(21)16(11-15-9-6-10-22-15)14-7-4-3-5-8-14/h3-11H,1-2H3,(H,19,20,21)/b16-11-. The Balaban J connectivity index is 1.93. The Hall–Kier alpha value is -2.24. The van der Waals surface area contributed by atoms with Gasteiger partial charge < -0.3 is 0 Å². The van der Waals surface area contributed by atoms with E-state index in [0.717, 1.165) is 21.0 Å². The topological polar surface area (TPSA) is 42.0 Å². The van der Waals surface area contributed by atoms with Crippen molar-refractivity contribution in [3.05, 3.63) is 68.9 Å². The Morgan fingerprint density at radius 3 is 2.52 bits per heavy atom. The fourth-order valence-corrected chi connectivity index (χ4v) is 3.57. The molecule has 0 fully saturated rings. The van der Waals surface area contributed by atoms with E-state index in [0.29, 0.717) is 10.7 Å². The first-order valence-electron chi connectivity index (χ1n) is 7.19. The molecule has 116 valence electrons. The van der Waals surface area contributed by atoms with Crippen LogP contribution in [0.15, 0.2) is 47.8 Å². The van der Waals surface area contributed by atoms with Crippen LogP contribution in [0.5, 0.6) is 0 Å². The van der Waals surface area contributed by atoms with E-state index in [2.05, 4.69) is 10.3 Å². The van der Waals surface area contributed by atoms with E-state index in [9.17, 15) is 4.79 Å². The van der Waals surface area contributed by atoms with Crippen molar-refractivity contribution in [2.45, 2.75) is 13.8 Å². The van der Waals surface area contributed by atoms with Crippen molar-refractivity contribution >= 4 is 45.4 Å². The van der Waals surface area contributed by atoms with E-state index in [-0.39, 0.29) is 5.91 Å². The van der Waals surface area contributed by atoms with Gasteiger partial charge in [-0.15, -0.1) is 22.7 Å². The highest BCUT2D eigenvalue weighted by Gasteiger charge is 2.15. The first-order valence-corrected chi connectivity index (χ1v) is 8.89. The van der Waals surface area contributed by atoms with Gasteiger partial charge in [0.2, 0.25) is 0 Å². The number of anilines is 1. The molecule has 23 heavy (non-hydrogen) atoms. The Kier molecular flexibility index (Phi) is 4.69. The number of nitrogens with zero attached hydrogens (tertiary/aromatic N) is 1. The van der Waals surface area contributed by atoms with Crippen molar-refractivity contribution in [2.24, 2.45) is 0 Å². The third-order valence-electron chi connectivity index (χ3n) is 3.41. The lowest BCUT2D eigenvalue weighted by atomic mass is 10.0. The lowest BCUT2D eigenvalue weighted by Gasteiger charge is -2.07. The van der Waals surface area contributed by atoms with Crippen LogP contribution in [0.2, 0.25) is 0 Å². The molecular weight excluding hydrogens is 324 g/mol. The highest BCUT2D eigenvalue weighted by molar-refractivity contribution is 7.15. The Morgan fingerprint density at radius 2 is 1.91 bits per heavy atom. The number of amides is 1. The molecule has 3 rings (SSSR count). The fourth-order valence-electron chi connectivity index (χ4n) is 2.10. The van der Waals surface area contributed by atoms with Crippen molar-refractivity contribution in [2.75, 3.05) is 5.32 Å². The maximum absolute atomic E-state index is 12.8. The molecule has 0 aliphatic rings.